The first kappa shape index (κ1) is 19.9. The van der Waals surface area contributed by atoms with Crippen LogP contribution < -0.4 is 5.32 Å². The van der Waals surface area contributed by atoms with E-state index in [2.05, 4.69) is 15.4 Å². The van der Waals surface area contributed by atoms with Crippen LogP contribution in [0.25, 0.3) is 0 Å². The number of benzene rings is 1. The Morgan fingerprint density at radius 3 is 2.64 bits per heavy atom. The van der Waals surface area contributed by atoms with Gasteiger partial charge in [0.15, 0.2) is 0 Å². The largest absolute Gasteiger partial charge is 0.444 e. The molecule has 28 heavy (non-hydrogen) atoms. The lowest BCUT2D eigenvalue weighted by Gasteiger charge is -2.32. The molecule has 8 nitrogen and oxygen atoms in total. The molecule has 1 aromatic carbocycles. The van der Waals surface area contributed by atoms with Crippen LogP contribution in [0.2, 0.25) is 0 Å². The van der Waals surface area contributed by atoms with Gasteiger partial charge in [-0.15, -0.1) is 0 Å². The van der Waals surface area contributed by atoms with Crippen LogP contribution in [-0.4, -0.2) is 50.4 Å². The predicted molar refractivity (Wildman–Crippen MR) is 105 cm³/mol. The molecular weight excluding hydrogens is 358 g/mol. The van der Waals surface area contributed by atoms with E-state index in [4.69, 9.17) is 4.74 Å². The molecular formula is C20H27N5O3. The van der Waals surface area contributed by atoms with Crippen LogP contribution in [0.5, 0.6) is 0 Å². The van der Waals surface area contributed by atoms with Gasteiger partial charge in [0.2, 0.25) is 5.91 Å². The zero-order valence-corrected chi connectivity index (χ0v) is 16.6. The van der Waals surface area contributed by atoms with Crippen LogP contribution in [0.4, 0.5) is 10.5 Å². The van der Waals surface area contributed by atoms with Crippen LogP contribution >= 0.6 is 0 Å². The van der Waals surface area contributed by atoms with Gasteiger partial charge >= 0.3 is 6.09 Å². The summed E-state index contributed by atoms with van der Waals surface area (Å²) in [6.07, 6.45) is 4.10. The average Bonchev–Trinajstić information content (AvgIpc) is 3.13. The minimum Gasteiger partial charge on any atom is -0.444 e. The molecule has 2 aromatic rings. The lowest BCUT2D eigenvalue weighted by atomic mass is 9.96. The Hall–Kier alpha value is -2.90. The maximum absolute atomic E-state index is 12.6. The van der Waals surface area contributed by atoms with Crippen molar-refractivity contribution in [2.24, 2.45) is 5.92 Å². The van der Waals surface area contributed by atoms with Crippen molar-refractivity contribution in [1.82, 2.24) is 19.7 Å². The first-order valence-corrected chi connectivity index (χ1v) is 9.50. The number of aromatic nitrogens is 3. The number of piperidine rings is 1. The topological polar surface area (TPSA) is 89.4 Å². The lowest BCUT2D eigenvalue weighted by Crippen LogP contribution is -2.43. The Bertz CT molecular complexity index is 805. The molecule has 0 aliphatic carbocycles. The van der Waals surface area contributed by atoms with Crippen molar-refractivity contribution in [3.05, 3.63) is 42.5 Å². The number of hydrogen-bond acceptors (Lipinski definition) is 5. The maximum atomic E-state index is 12.6. The van der Waals surface area contributed by atoms with E-state index in [0.29, 0.717) is 32.5 Å². The van der Waals surface area contributed by atoms with Gasteiger partial charge in [-0.2, -0.15) is 5.10 Å². The molecule has 0 atom stereocenters. The van der Waals surface area contributed by atoms with Crippen LogP contribution in [0, 0.1) is 5.92 Å². The monoisotopic (exact) mass is 385 g/mol. The Labute approximate surface area is 164 Å². The number of carbonyl (C=O) groups is 2. The average molecular weight is 385 g/mol. The van der Waals surface area contributed by atoms with Crippen LogP contribution in [0.3, 0.4) is 0 Å². The number of amides is 2. The molecule has 1 aliphatic rings. The number of rotatable bonds is 4. The van der Waals surface area contributed by atoms with Gasteiger partial charge in [-0.25, -0.2) is 14.5 Å². The fourth-order valence-corrected chi connectivity index (χ4v) is 3.14. The zero-order chi connectivity index (χ0) is 20.1. The van der Waals surface area contributed by atoms with Gasteiger partial charge in [-0.3, -0.25) is 4.79 Å². The molecule has 0 radical (unpaired) electrons. The van der Waals surface area contributed by atoms with Crippen LogP contribution in [-0.2, 0) is 16.1 Å². The standard InChI is InChI=1S/C20H27N5O3/c1-20(2,3)28-19(27)24-9-7-16(8-10-24)18(26)23-17-6-4-5-15(11-17)12-25-14-21-13-22-25/h4-6,11,13-14,16H,7-10,12H2,1-3H3,(H,23,26). The summed E-state index contributed by atoms with van der Waals surface area (Å²) >= 11 is 0. The molecule has 1 aromatic heterocycles. The second kappa shape index (κ2) is 8.41. The third kappa shape index (κ3) is 5.55. The van der Waals surface area contributed by atoms with Crippen molar-refractivity contribution in [3.8, 4) is 0 Å². The van der Waals surface area contributed by atoms with Gasteiger partial charge in [0, 0.05) is 24.7 Å². The number of anilines is 1. The lowest BCUT2D eigenvalue weighted by molar-refractivity contribution is -0.121. The molecule has 0 bridgehead atoms. The molecule has 3 rings (SSSR count). The van der Waals surface area contributed by atoms with Gasteiger partial charge in [0.05, 0.1) is 6.54 Å². The summed E-state index contributed by atoms with van der Waals surface area (Å²) < 4.78 is 7.13. The van der Waals surface area contributed by atoms with E-state index in [-0.39, 0.29) is 17.9 Å². The van der Waals surface area contributed by atoms with E-state index in [1.54, 1.807) is 15.9 Å². The highest BCUT2D eigenvalue weighted by atomic mass is 16.6. The van der Waals surface area contributed by atoms with Crippen LogP contribution in [0.1, 0.15) is 39.2 Å². The van der Waals surface area contributed by atoms with Gasteiger partial charge in [0.1, 0.15) is 18.3 Å². The number of nitrogens with zero attached hydrogens (tertiary/aromatic N) is 4. The summed E-state index contributed by atoms with van der Waals surface area (Å²) in [5.74, 6) is -0.126. The molecule has 1 aliphatic heterocycles. The van der Waals surface area contributed by atoms with Crippen molar-refractivity contribution in [2.45, 2.75) is 45.8 Å². The smallest absolute Gasteiger partial charge is 0.410 e. The quantitative estimate of drug-likeness (QED) is 0.874. The third-order valence-electron chi connectivity index (χ3n) is 4.52. The summed E-state index contributed by atoms with van der Waals surface area (Å²) in [6, 6.07) is 7.71. The van der Waals surface area contributed by atoms with Gasteiger partial charge in [0.25, 0.3) is 0 Å². The number of hydrogen-bond donors (Lipinski definition) is 1. The SMILES string of the molecule is CC(C)(C)OC(=O)N1CCC(C(=O)Nc2cccc(Cn3cncn3)c2)CC1. The number of carbonyl (C=O) groups excluding carboxylic acids is 2. The summed E-state index contributed by atoms with van der Waals surface area (Å²) in [5.41, 5.74) is 1.28. The molecule has 1 saturated heterocycles. The molecule has 0 saturated carbocycles. The second-order valence-corrected chi connectivity index (χ2v) is 8.02. The Morgan fingerprint density at radius 1 is 1.25 bits per heavy atom. The fraction of sp³-hybridized carbons (Fsp3) is 0.500. The zero-order valence-electron chi connectivity index (χ0n) is 16.6. The Kier molecular flexibility index (Phi) is 5.96. The predicted octanol–water partition coefficient (Wildman–Crippen LogP) is 2.91. The molecule has 150 valence electrons. The highest BCUT2D eigenvalue weighted by Gasteiger charge is 2.29. The van der Waals surface area contributed by atoms with E-state index in [1.807, 2.05) is 45.0 Å². The van der Waals surface area contributed by atoms with Crippen molar-refractivity contribution >= 4 is 17.7 Å². The van der Waals surface area contributed by atoms with E-state index < -0.39 is 5.60 Å². The van der Waals surface area contributed by atoms with Crippen LogP contribution in [0.15, 0.2) is 36.9 Å². The molecule has 0 spiro atoms. The Balaban J connectivity index is 1.51. The molecule has 2 heterocycles. The van der Waals surface area contributed by atoms with Crippen molar-refractivity contribution in [2.75, 3.05) is 18.4 Å². The number of nitrogens with one attached hydrogen (secondary N) is 1. The van der Waals surface area contributed by atoms with E-state index in [9.17, 15) is 9.59 Å². The minimum absolute atomic E-state index is 0.0123. The Morgan fingerprint density at radius 2 is 2.00 bits per heavy atom. The van der Waals surface area contributed by atoms with E-state index in [1.165, 1.54) is 6.33 Å². The number of likely N-dealkylation sites (tertiary alicyclic amines) is 1. The van der Waals surface area contributed by atoms with Gasteiger partial charge < -0.3 is 15.0 Å². The summed E-state index contributed by atoms with van der Waals surface area (Å²) in [5, 5.41) is 7.09. The van der Waals surface area contributed by atoms with Crippen molar-refractivity contribution in [3.63, 3.8) is 0 Å². The highest BCUT2D eigenvalue weighted by Crippen LogP contribution is 2.22. The van der Waals surface area contributed by atoms with E-state index in [0.717, 1.165) is 11.3 Å². The highest BCUT2D eigenvalue weighted by molar-refractivity contribution is 5.92. The van der Waals surface area contributed by atoms with Gasteiger partial charge in [-0.1, -0.05) is 12.1 Å². The second-order valence-electron chi connectivity index (χ2n) is 8.02. The fourth-order valence-electron chi connectivity index (χ4n) is 3.14. The molecule has 8 heteroatoms. The third-order valence-corrected chi connectivity index (χ3v) is 4.52. The van der Waals surface area contributed by atoms with Crippen molar-refractivity contribution in [1.29, 1.82) is 0 Å². The minimum atomic E-state index is -0.511. The molecule has 1 N–H and O–H groups in total. The van der Waals surface area contributed by atoms with Crippen molar-refractivity contribution < 1.29 is 14.3 Å². The molecule has 0 unspecified atom stereocenters. The molecule has 1 fully saturated rings. The normalized spacial score (nSPS) is 15.3. The number of ether oxygens (including phenoxy) is 1. The summed E-state index contributed by atoms with van der Waals surface area (Å²) in [4.78, 5) is 30.4. The maximum Gasteiger partial charge on any atom is 0.410 e. The summed E-state index contributed by atoms with van der Waals surface area (Å²) in [6.45, 7) is 7.20. The first-order chi connectivity index (χ1) is 13.3. The van der Waals surface area contributed by atoms with E-state index >= 15 is 0 Å². The first-order valence-electron chi connectivity index (χ1n) is 9.50. The molecule has 2 amide bonds. The van der Waals surface area contributed by atoms with Gasteiger partial charge in [-0.05, 0) is 51.3 Å². The summed E-state index contributed by atoms with van der Waals surface area (Å²) in [7, 11) is 0.